The second-order valence-corrected chi connectivity index (χ2v) is 9.68. The number of piperidine rings is 1. The van der Waals surface area contributed by atoms with Crippen molar-refractivity contribution < 1.29 is 25.2 Å². The van der Waals surface area contributed by atoms with Gasteiger partial charge in [0.1, 0.15) is 6.33 Å². The Bertz CT molecular complexity index is 1150. The van der Waals surface area contributed by atoms with E-state index in [4.69, 9.17) is 9.47 Å². The Kier molecular flexibility index (Phi) is 8.94. The number of hydrogen-bond donors (Lipinski definition) is 1. The summed E-state index contributed by atoms with van der Waals surface area (Å²) in [5, 5.41) is 0. The van der Waals surface area contributed by atoms with Crippen molar-refractivity contribution in [3.63, 3.8) is 0 Å². The maximum Gasteiger partial charge on any atom is 0.233 e. The van der Waals surface area contributed by atoms with E-state index in [1.54, 1.807) is 6.20 Å². The lowest BCUT2D eigenvalue weighted by Gasteiger charge is -2.35. The Balaban J connectivity index is 0.000000350. The van der Waals surface area contributed by atoms with Crippen molar-refractivity contribution >= 4 is 18.5 Å². The van der Waals surface area contributed by atoms with Crippen LogP contribution in [0.5, 0.6) is 11.5 Å². The molecule has 3 aliphatic rings. The van der Waals surface area contributed by atoms with Crippen LogP contribution in [0.25, 0.3) is 0 Å². The van der Waals surface area contributed by atoms with Gasteiger partial charge in [-0.05, 0) is 80.0 Å². The minimum atomic E-state index is -0.346. The van der Waals surface area contributed by atoms with Crippen molar-refractivity contribution in [1.29, 1.82) is 0 Å². The number of carbonyl (C=O) groups excluding carboxylic acids is 1. The van der Waals surface area contributed by atoms with Crippen LogP contribution in [0.15, 0.2) is 66.0 Å². The van der Waals surface area contributed by atoms with Gasteiger partial charge >= 0.3 is 0 Å². The molecule has 0 spiro atoms. The van der Waals surface area contributed by atoms with E-state index in [2.05, 4.69) is 51.8 Å². The van der Waals surface area contributed by atoms with Crippen LogP contribution in [0.3, 0.4) is 0 Å². The molecule has 192 valence electrons. The normalized spacial score (nSPS) is 17.1. The zero-order valence-corrected chi connectivity index (χ0v) is 21.2. The Hall–Kier alpha value is -3.14. The Labute approximate surface area is 216 Å². The van der Waals surface area contributed by atoms with Gasteiger partial charge < -0.3 is 25.3 Å². The predicted octanol–water partition coefficient (Wildman–Crippen LogP) is 3.28. The average Bonchev–Trinajstić information content (AvgIpc) is 3.55. The first-order valence-corrected chi connectivity index (χ1v) is 12.2. The Morgan fingerprint density at radius 2 is 1.69 bits per heavy atom. The Morgan fingerprint density at radius 1 is 1.00 bits per heavy atom. The number of hydrogen-bond acceptors (Lipinski definition) is 6. The van der Waals surface area contributed by atoms with Gasteiger partial charge in [0.05, 0.1) is 5.41 Å². The molecule has 2 aromatic carbocycles. The number of carbonyl (C=O) groups is 1. The summed E-state index contributed by atoms with van der Waals surface area (Å²) in [4.78, 5) is 24.0. The fourth-order valence-corrected chi connectivity index (χ4v) is 4.92. The third-order valence-electron chi connectivity index (χ3n) is 6.96. The fraction of sp³-hybridized carbons (Fsp3) is 0.370. The summed E-state index contributed by atoms with van der Waals surface area (Å²) in [5.74, 6) is 2.35. The van der Waals surface area contributed by atoms with Gasteiger partial charge in [-0.2, -0.15) is 0 Å². The van der Waals surface area contributed by atoms with Crippen LogP contribution in [0, 0.1) is 6.92 Å². The van der Waals surface area contributed by atoms with E-state index in [-0.39, 0.29) is 29.1 Å². The molecule has 6 rings (SSSR count). The van der Waals surface area contributed by atoms with Crippen molar-refractivity contribution in [3.05, 3.63) is 77.9 Å². The molecule has 3 aromatic rings. The summed E-state index contributed by atoms with van der Waals surface area (Å²) >= 11 is 4.36. The molecule has 1 saturated heterocycles. The number of nitrogens with zero attached hydrogens (tertiary/aromatic N) is 3. The van der Waals surface area contributed by atoms with Gasteiger partial charge in [0.2, 0.25) is 12.7 Å². The van der Waals surface area contributed by atoms with Gasteiger partial charge in [0.25, 0.3) is 0 Å². The molecule has 36 heavy (non-hydrogen) atoms. The highest BCUT2D eigenvalue weighted by Gasteiger charge is 2.53. The predicted molar refractivity (Wildman–Crippen MR) is 140 cm³/mol. The van der Waals surface area contributed by atoms with Crippen LogP contribution in [0.2, 0.25) is 0 Å². The molecule has 2 fully saturated rings. The van der Waals surface area contributed by atoms with E-state index in [0.717, 1.165) is 66.4 Å². The number of fused-ring (bicyclic) bond motifs is 1. The summed E-state index contributed by atoms with van der Waals surface area (Å²) in [6.07, 6.45) is 7.16. The molecule has 1 aliphatic carbocycles. The highest BCUT2D eigenvalue weighted by Crippen LogP contribution is 2.52. The number of amides is 1. The molecule has 1 aromatic heterocycles. The van der Waals surface area contributed by atoms with Crippen LogP contribution >= 0.6 is 12.6 Å². The summed E-state index contributed by atoms with van der Waals surface area (Å²) in [6, 6.07) is 16.3. The maximum atomic E-state index is 13.3. The van der Waals surface area contributed by atoms with E-state index in [1.807, 2.05) is 31.2 Å². The lowest BCUT2D eigenvalue weighted by Crippen LogP contribution is -2.43. The first kappa shape index (κ1) is 27.4. The van der Waals surface area contributed by atoms with Crippen molar-refractivity contribution in [2.75, 3.05) is 19.9 Å². The molecule has 2 aliphatic heterocycles. The molecule has 3 heterocycles. The first-order chi connectivity index (χ1) is 16.5. The number of thiol groups is 1. The SMILES string of the molecule is Cc1ccncn1.O.O.O=C(N1CCC(c2ccc(S)cc2)CC1)C1(c2ccc3c(c2)OCO3)CC1. The molecular formula is C27H33N3O5S. The van der Waals surface area contributed by atoms with Gasteiger partial charge in [0.15, 0.2) is 11.5 Å². The van der Waals surface area contributed by atoms with Gasteiger partial charge in [-0.3, -0.25) is 4.79 Å². The third kappa shape index (κ3) is 5.80. The zero-order valence-electron chi connectivity index (χ0n) is 20.3. The third-order valence-corrected chi connectivity index (χ3v) is 7.26. The van der Waals surface area contributed by atoms with E-state index < -0.39 is 0 Å². The standard InChI is InChI=1S/C22H23NO3S.C5H6N2.2H2O/c24-21(22(9-10-22)17-3-6-19-20(13-17)26-14-25-19)23-11-7-16(8-12-23)15-1-4-18(27)5-2-15;1-5-2-3-6-4-7-5;;/h1-6,13,16,27H,7-12,14H2;2-4H,1H3;2*1H2. The minimum Gasteiger partial charge on any atom is -0.454 e. The van der Waals surface area contributed by atoms with Gasteiger partial charge in [-0.25, -0.2) is 9.97 Å². The lowest BCUT2D eigenvalue weighted by molar-refractivity contribution is -0.135. The first-order valence-electron chi connectivity index (χ1n) is 11.8. The van der Waals surface area contributed by atoms with Gasteiger partial charge in [0, 0.05) is 29.9 Å². The summed E-state index contributed by atoms with van der Waals surface area (Å²) in [6.45, 7) is 3.86. The fourth-order valence-electron chi connectivity index (χ4n) is 4.77. The molecule has 1 amide bonds. The molecule has 8 nitrogen and oxygen atoms in total. The van der Waals surface area contributed by atoms with Crippen LogP contribution < -0.4 is 9.47 Å². The van der Waals surface area contributed by atoms with Crippen LogP contribution in [-0.4, -0.2) is 51.6 Å². The largest absolute Gasteiger partial charge is 0.454 e. The number of rotatable bonds is 3. The number of ether oxygens (including phenoxy) is 2. The number of benzene rings is 2. The van der Waals surface area contributed by atoms with Crippen molar-refractivity contribution in [3.8, 4) is 11.5 Å². The molecule has 0 atom stereocenters. The molecule has 0 bridgehead atoms. The van der Waals surface area contributed by atoms with Crippen molar-refractivity contribution in [2.45, 2.75) is 48.8 Å². The summed E-state index contributed by atoms with van der Waals surface area (Å²) in [5.41, 5.74) is 3.09. The van der Waals surface area contributed by atoms with Crippen LogP contribution in [-0.2, 0) is 10.2 Å². The molecular weight excluding hydrogens is 478 g/mol. The molecule has 0 unspecified atom stereocenters. The van der Waals surface area contributed by atoms with Crippen LogP contribution in [0.4, 0.5) is 0 Å². The minimum absolute atomic E-state index is 0. The number of aromatic nitrogens is 2. The topological polar surface area (TPSA) is 128 Å². The lowest BCUT2D eigenvalue weighted by atomic mass is 9.87. The van der Waals surface area contributed by atoms with E-state index in [9.17, 15) is 4.79 Å². The van der Waals surface area contributed by atoms with Crippen molar-refractivity contribution in [1.82, 2.24) is 14.9 Å². The highest BCUT2D eigenvalue weighted by atomic mass is 32.1. The summed E-state index contributed by atoms with van der Waals surface area (Å²) in [7, 11) is 0. The van der Waals surface area contributed by atoms with Gasteiger partial charge in [-0.1, -0.05) is 18.2 Å². The molecule has 0 radical (unpaired) electrons. The van der Waals surface area contributed by atoms with E-state index >= 15 is 0 Å². The molecule has 4 N–H and O–H groups in total. The number of aryl methyl sites for hydroxylation is 1. The summed E-state index contributed by atoms with van der Waals surface area (Å²) < 4.78 is 10.9. The van der Waals surface area contributed by atoms with Crippen molar-refractivity contribution in [2.24, 2.45) is 0 Å². The van der Waals surface area contributed by atoms with Crippen LogP contribution in [0.1, 0.15) is 48.4 Å². The average molecular weight is 512 g/mol. The smallest absolute Gasteiger partial charge is 0.233 e. The molecule has 1 saturated carbocycles. The highest BCUT2D eigenvalue weighted by molar-refractivity contribution is 7.80. The monoisotopic (exact) mass is 511 g/mol. The molecule has 9 heteroatoms. The maximum absolute atomic E-state index is 13.3. The van der Waals surface area contributed by atoms with E-state index in [0.29, 0.717) is 5.92 Å². The second-order valence-electron chi connectivity index (χ2n) is 9.16. The zero-order chi connectivity index (χ0) is 23.5. The Morgan fingerprint density at radius 3 is 2.28 bits per heavy atom. The number of likely N-dealkylation sites (tertiary alicyclic amines) is 1. The quantitative estimate of drug-likeness (QED) is 0.540. The second kappa shape index (κ2) is 11.7. The van der Waals surface area contributed by atoms with E-state index in [1.165, 1.54) is 11.9 Å². The van der Waals surface area contributed by atoms with Gasteiger partial charge in [-0.15, -0.1) is 12.6 Å².